The number of nitrogens with one attached hydrogen (secondary N) is 2. The van der Waals surface area contributed by atoms with Crippen LogP contribution in [-0.4, -0.2) is 77.2 Å². The van der Waals surface area contributed by atoms with Crippen LogP contribution in [0.4, 0.5) is 5.95 Å². The standard InChI is InChI=1S/C36H48N6O5/c1-26-32(24-41-19-21-42(22-20-41)36-38-17-6-18-39-36)46-35(47-34(26)30-12-10-29(25-43)11-13-30)31-14-8-28(9-15-31)23-40-33(45)7-4-3-5-16-37-27(2)44/h6,8-15,17-18,26,32,34-35,43H,3-5,7,16,19-25H2,1-2H3,(H,37,44)(H,40,45). The van der Waals surface area contributed by atoms with Crippen LogP contribution in [0.15, 0.2) is 67.0 Å². The summed E-state index contributed by atoms with van der Waals surface area (Å²) in [4.78, 5) is 36.8. The van der Waals surface area contributed by atoms with Crippen LogP contribution < -0.4 is 15.5 Å². The van der Waals surface area contributed by atoms with Crippen molar-refractivity contribution < 1.29 is 24.2 Å². The number of carbonyl (C=O) groups is 2. The Balaban J connectivity index is 1.18. The Bertz CT molecular complexity index is 1400. The van der Waals surface area contributed by atoms with Crippen LogP contribution in [0.2, 0.25) is 0 Å². The maximum atomic E-state index is 12.4. The maximum absolute atomic E-state index is 12.4. The van der Waals surface area contributed by atoms with Gasteiger partial charge in [-0.3, -0.25) is 14.5 Å². The first kappa shape index (κ1) is 34.4. The van der Waals surface area contributed by atoms with Gasteiger partial charge in [0, 0.05) is 83.0 Å². The molecule has 0 radical (unpaired) electrons. The van der Waals surface area contributed by atoms with Crippen LogP contribution in [-0.2, 0) is 32.2 Å². The number of anilines is 1. The quantitative estimate of drug-likeness (QED) is 0.224. The first-order chi connectivity index (χ1) is 22.9. The summed E-state index contributed by atoms with van der Waals surface area (Å²) in [6.45, 7) is 9.08. The van der Waals surface area contributed by atoms with E-state index in [9.17, 15) is 14.7 Å². The molecule has 0 bridgehead atoms. The molecule has 2 fully saturated rings. The molecule has 2 amide bonds. The van der Waals surface area contributed by atoms with Gasteiger partial charge in [-0.25, -0.2) is 9.97 Å². The average Bonchev–Trinajstić information content (AvgIpc) is 3.10. The number of unbranched alkanes of at least 4 members (excludes halogenated alkanes) is 2. The number of aromatic nitrogens is 2. The summed E-state index contributed by atoms with van der Waals surface area (Å²) in [7, 11) is 0. The average molecular weight is 645 g/mol. The zero-order chi connectivity index (χ0) is 33.0. The Kier molecular flexibility index (Phi) is 12.7. The fourth-order valence-electron chi connectivity index (χ4n) is 6.10. The lowest BCUT2D eigenvalue weighted by atomic mass is 9.90. The molecule has 0 spiro atoms. The fourth-order valence-corrected chi connectivity index (χ4v) is 6.10. The summed E-state index contributed by atoms with van der Waals surface area (Å²) >= 11 is 0. The molecule has 2 aliphatic rings. The molecule has 2 aliphatic heterocycles. The number of carbonyl (C=O) groups excluding carboxylic acids is 2. The number of nitrogens with zero attached hydrogens (tertiary/aromatic N) is 4. The number of aliphatic hydroxyl groups excluding tert-OH is 1. The number of benzene rings is 2. The number of piperazine rings is 1. The predicted molar refractivity (Wildman–Crippen MR) is 179 cm³/mol. The Morgan fingerprint density at radius 1 is 0.872 bits per heavy atom. The van der Waals surface area contributed by atoms with Gasteiger partial charge in [-0.05, 0) is 35.6 Å². The smallest absolute Gasteiger partial charge is 0.225 e. The molecule has 3 aromatic rings. The number of ether oxygens (including phenoxy) is 2. The zero-order valence-electron chi connectivity index (χ0n) is 27.5. The molecule has 0 saturated carbocycles. The first-order valence-electron chi connectivity index (χ1n) is 16.7. The van der Waals surface area contributed by atoms with E-state index in [0.717, 1.165) is 80.2 Å². The molecule has 1 aromatic heterocycles. The summed E-state index contributed by atoms with van der Waals surface area (Å²) in [6, 6.07) is 17.9. The van der Waals surface area contributed by atoms with Gasteiger partial charge in [-0.2, -0.15) is 0 Å². The van der Waals surface area contributed by atoms with Crippen molar-refractivity contribution in [2.75, 3.05) is 44.2 Å². The van der Waals surface area contributed by atoms with E-state index < -0.39 is 6.29 Å². The second-order valence-corrected chi connectivity index (χ2v) is 12.5. The third-order valence-electron chi connectivity index (χ3n) is 8.96. The summed E-state index contributed by atoms with van der Waals surface area (Å²) < 4.78 is 13.3. The topological polar surface area (TPSA) is 129 Å². The highest BCUT2D eigenvalue weighted by Gasteiger charge is 2.39. The normalized spacial score (nSPS) is 21.7. The molecule has 0 aliphatic carbocycles. The minimum absolute atomic E-state index is 0.00244. The van der Waals surface area contributed by atoms with Gasteiger partial charge in [0.1, 0.15) is 0 Å². The number of hydrogen-bond donors (Lipinski definition) is 3. The van der Waals surface area contributed by atoms with E-state index >= 15 is 0 Å². The summed E-state index contributed by atoms with van der Waals surface area (Å²) in [5, 5.41) is 15.4. The van der Waals surface area contributed by atoms with Crippen LogP contribution in [0.1, 0.15) is 74.2 Å². The molecule has 252 valence electrons. The summed E-state index contributed by atoms with van der Waals surface area (Å²) in [5.74, 6) is 0.869. The van der Waals surface area contributed by atoms with E-state index in [2.05, 4.69) is 37.3 Å². The lowest BCUT2D eigenvalue weighted by Gasteiger charge is -2.44. The van der Waals surface area contributed by atoms with Crippen LogP contribution in [0.25, 0.3) is 0 Å². The van der Waals surface area contributed by atoms with Gasteiger partial charge in [0.05, 0.1) is 18.8 Å². The molecule has 3 N–H and O–H groups in total. The second kappa shape index (κ2) is 17.3. The second-order valence-electron chi connectivity index (χ2n) is 12.5. The molecular weight excluding hydrogens is 596 g/mol. The van der Waals surface area contributed by atoms with Crippen molar-refractivity contribution >= 4 is 17.8 Å². The zero-order valence-corrected chi connectivity index (χ0v) is 27.5. The highest BCUT2D eigenvalue weighted by molar-refractivity contribution is 5.75. The van der Waals surface area contributed by atoms with Crippen LogP contribution >= 0.6 is 0 Å². The van der Waals surface area contributed by atoms with Crippen molar-refractivity contribution in [2.24, 2.45) is 5.92 Å². The van der Waals surface area contributed by atoms with Crippen molar-refractivity contribution in [1.29, 1.82) is 0 Å². The van der Waals surface area contributed by atoms with Gasteiger partial charge >= 0.3 is 0 Å². The third-order valence-corrected chi connectivity index (χ3v) is 8.96. The van der Waals surface area contributed by atoms with Gasteiger partial charge in [-0.15, -0.1) is 0 Å². The lowest BCUT2D eigenvalue weighted by molar-refractivity contribution is -0.276. The predicted octanol–water partition coefficient (Wildman–Crippen LogP) is 3.90. The van der Waals surface area contributed by atoms with E-state index in [-0.39, 0.29) is 36.5 Å². The van der Waals surface area contributed by atoms with Gasteiger partial charge in [0.25, 0.3) is 0 Å². The molecule has 2 aromatic carbocycles. The van der Waals surface area contributed by atoms with Crippen molar-refractivity contribution in [3.63, 3.8) is 0 Å². The summed E-state index contributed by atoms with van der Waals surface area (Å²) in [5.41, 5.74) is 3.86. The number of aliphatic hydroxyl groups is 1. The van der Waals surface area contributed by atoms with Crippen molar-refractivity contribution in [1.82, 2.24) is 25.5 Å². The number of amides is 2. The minimum atomic E-state index is -0.543. The molecule has 4 atom stereocenters. The largest absolute Gasteiger partial charge is 0.392 e. The molecule has 47 heavy (non-hydrogen) atoms. The Labute approximate surface area is 277 Å². The molecule has 2 saturated heterocycles. The highest BCUT2D eigenvalue weighted by Crippen LogP contribution is 2.42. The monoisotopic (exact) mass is 644 g/mol. The van der Waals surface area contributed by atoms with Crippen LogP contribution in [0, 0.1) is 5.92 Å². The van der Waals surface area contributed by atoms with Crippen molar-refractivity contribution in [3.05, 3.63) is 89.2 Å². The molecular formula is C36H48N6O5. The third kappa shape index (κ3) is 10.0. The highest BCUT2D eigenvalue weighted by atomic mass is 16.7. The van der Waals surface area contributed by atoms with Crippen molar-refractivity contribution in [3.8, 4) is 0 Å². The van der Waals surface area contributed by atoms with Gasteiger partial charge in [0.15, 0.2) is 6.29 Å². The molecule has 4 unspecified atom stereocenters. The number of hydrogen-bond acceptors (Lipinski definition) is 9. The molecule has 3 heterocycles. The van der Waals surface area contributed by atoms with Crippen molar-refractivity contribution in [2.45, 2.75) is 71.2 Å². The molecule has 11 heteroatoms. The first-order valence-corrected chi connectivity index (χ1v) is 16.7. The van der Waals surface area contributed by atoms with Gasteiger partial charge in [-0.1, -0.05) is 61.9 Å². The lowest BCUT2D eigenvalue weighted by Crippen LogP contribution is -2.51. The van der Waals surface area contributed by atoms with Gasteiger partial charge < -0.3 is 30.1 Å². The minimum Gasteiger partial charge on any atom is -0.392 e. The van der Waals surface area contributed by atoms with Crippen LogP contribution in [0.5, 0.6) is 0 Å². The van der Waals surface area contributed by atoms with Gasteiger partial charge in [0.2, 0.25) is 17.8 Å². The SMILES string of the molecule is CC(=O)NCCCCCC(=O)NCc1ccc(C2OC(CN3CCN(c4ncccn4)CC3)C(C)C(c3ccc(CO)cc3)O2)cc1. The molecule has 11 nitrogen and oxygen atoms in total. The van der Waals surface area contributed by atoms with E-state index in [1.54, 1.807) is 12.4 Å². The maximum Gasteiger partial charge on any atom is 0.225 e. The van der Waals surface area contributed by atoms with E-state index in [1.165, 1.54) is 6.92 Å². The Morgan fingerprint density at radius 3 is 2.23 bits per heavy atom. The number of rotatable bonds is 14. The summed E-state index contributed by atoms with van der Waals surface area (Å²) in [6.07, 6.45) is 5.81. The van der Waals surface area contributed by atoms with E-state index in [4.69, 9.17) is 9.47 Å². The Hall–Kier alpha value is -3.90. The van der Waals surface area contributed by atoms with E-state index in [1.807, 2.05) is 54.6 Å². The van der Waals surface area contributed by atoms with E-state index in [0.29, 0.717) is 19.5 Å². The Morgan fingerprint density at radius 2 is 1.55 bits per heavy atom. The molecule has 5 rings (SSSR count). The fraction of sp³-hybridized carbons (Fsp3) is 0.500. The van der Waals surface area contributed by atoms with Crippen LogP contribution in [0.3, 0.4) is 0 Å².